The summed E-state index contributed by atoms with van der Waals surface area (Å²) in [6.07, 6.45) is 10.8. The smallest absolute Gasteiger partial charge is 0.154 e. The number of hydrogen-bond acceptors (Lipinski definition) is 3. The quantitative estimate of drug-likeness (QED) is 0.797. The molecule has 0 N–H and O–H groups in total. The maximum atomic E-state index is 12.3. The highest BCUT2D eigenvalue weighted by molar-refractivity contribution is 7.92. The van der Waals surface area contributed by atoms with Gasteiger partial charge >= 0.3 is 0 Å². The third-order valence-corrected chi connectivity index (χ3v) is 7.77. The Kier molecular flexibility index (Phi) is 3.91. The SMILES string of the molecule is O=S(=O)(CCN1CC2(CCCC2)C1)C1CCCCC1. The molecule has 3 nitrogen and oxygen atoms in total. The first-order chi connectivity index (χ1) is 9.10. The average Bonchev–Trinajstić information content (AvgIpc) is 2.86. The number of rotatable bonds is 4. The molecular formula is C15H27NO2S. The standard InChI is InChI=1S/C15H27NO2S/c17-19(18,14-6-2-1-3-7-14)11-10-16-12-15(13-16)8-4-5-9-15/h14H,1-13H2. The summed E-state index contributed by atoms with van der Waals surface area (Å²) in [6.45, 7) is 3.10. The molecule has 3 rings (SSSR count). The van der Waals surface area contributed by atoms with E-state index in [1.165, 1.54) is 32.1 Å². The Morgan fingerprint density at radius 2 is 1.58 bits per heavy atom. The molecule has 3 aliphatic rings. The second-order valence-corrected chi connectivity index (χ2v) is 9.45. The van der Waals surface area contributed by atoms with Crippen molar-refractivity contribution in [2.45, 2.75) is 63.0 Å². The van der Waals surface area contributed by atoms with Gasteiger partial charge in [0.05, 0.1) is 11.0 Å². The molecule has 1 saturated heterocycles. The summed E-state index contributed by atoms with van der Waals surface area (Å²) in [5, 5.41) is -0.0250. The molecule has 19 heavy (non-hydrogen) atoms. The van der Waals surface area contributed by atoms with Gasteiger partial charge < -0.3 is 4.90 Å². The predicted octanol–water partition coefficient (Wildman–Crippen LogP) is 2.61. The molecule has 0 aromatic rings. The van der Waals surface area contributed by atoms with Gasteiger partial charge in [-0.05, 0) is 31.1 Å². The molecule has 0 amide bonds. The molecule has 0 unspecified atom stereocenters. The number of likely N-dealkylation sites (tertiary alicyclic amines) is 1. The highest BCUT2D eigenvalue weighted by Gasteiger charge is 2.44. The van der Waals surface area contributed by atoms with Crippen LogP contribution < -0.4 is 0 Å². The third kappa shape index (κ3) is 2.99. The first-order valence-corrected chi connectivity index (χ1v) is 9.75. The largest absolute Gasteiger partial charge is 0.301 e. The van der Waals surface area contributed by atoms with Gasteiger partial charge in [-0.2, -0.15) is 0 Å². The van der Waals surface area contributed by atoms with E-state index in [9.17, 15) is 8.42 Å². The van der Waals surface area contributed by atoms with Gasteiger partial charge in [-0.15, -0.1) is 0 Å². The van der Waals surface area contributed by atoms with Gasteiger partial charge in [0, 0.05) is 19.6 Å². The van der Waals surface area contributed by atoms with Crippen LogP contribution >= 0.6 is 0 Å². The van der Waals surface area contributed by atoms with Gasteiger partial charge in [-0.25, -0.2) is 8.42 Å². The molecule has 3 fully saturated rings. The predicted molar refractivity (Wildman–Crippen MR) is 78.0 cm³/mol. The third-order valence-electron chi connectivity index (χ3n) is 5.53. The van der Waals surface area contributed by atoms with Crippen molar-refractivity contribution in [2.75, 3.05) is 25.4 Å². The lowest BCUT2D eigenvalue weighted by Crippen LogP contribution is -2.56. The van der Waals surface area contributed by atoms with Crippen molar-refractivity contribution in [2.24, 2.45) is 5.41 Å². The summed E-state index contributed by atoms with van der Waals surface area (Å²) in [5.41, 5.74) is 0.592. The molecule has 0 aromatic carbocycles. The minimum atomic E-state index is -2.83. The van der Waals surface area contributed by atoms with Crippen molar-refractivity contribution >= 4 is 9.84 Å². The number of sulfone groups is 1. The van der Waals surface area contributed by atoms with Gasteiger partial charge in [0.2, 0.25) is 0 Å². The summed E-state index contributed by atoms with van der Waals surface area (Å²) in [6, 6.07) is 0. The fourth-order valence-electron chi connectivity index (χ4n) is 4.35. The molecule has 2 aliphatic carbocycles. The molecule has 0 atom stereocenters. The van der Waals surface area contributed by atoms with Crippen LogP contribution in [0.25, 0.3) is 0 Å². The van der Waals surface area contributed by atoms with Crippen LogP contribution in [-0.4, -0.2) is 44.0 Å². The first-order valence-electron chi connectivity index (χ1n) is 8.04. The Morgan fingerprint density at radius 3 is 2.21 bits per heavy atom. The van der Waals surface area contributed by atoms with E-state index < -0.39 is 9.84 Å². The van der Waals surface area contributed by atoms with Crippen LogP contribution in [-0.2, 0) is 9.84 Å². The lowest BCUT2D eigenvalue weighted by molar-refractivity contribution is 0.0113. The molecule has 0 radical (unpaired) electrons. The van der Waals surface area contributed by atoms with Gasteiger partial charge in [0.25, 0.3) is 0 Å². The lowest BCUT2D eigenvalue weighted by atomic mass is 9.78. The van der Waals surface area contributed by atoms with Crippen LogP contribution in [0.1, 0.15) is 57.8 Å². The second-order valence-electron chi connectivity index (χ2n) is 7.04. The monoisotopic (exact) mass is 285 g/mol. The van der Waals surface area contributed by atoms with E-state index in [0.29, 0.717) is 11.2 Å². The van der Waals surface area contributed by atoms with Crippen molar-refractivity contribution in [3.05, 3.63) is 0 Å². The Morgan fingerprint density at radius 1 is 0.947 bits per heavy atom. The van der Waals surface area contributed by atoms with E-state index in [4.69, 9.17) is 0 Å². The molecule has 2 saturated carbocycles. The van der Waals surface area contributed by atoms with E-state index in [2.05, 4.69) is 4.90 Å². The number of hydrogen-bond donors (Lipinski definition) is 0. The van der Waals surface area contributed by atoms with E-state index >= 15 is 0 Å². The summed E-state index contributed by atoms with van der Waals surface area (Å²) in [7, 11) is -2.83. The molecule has 1 aliphatic heterocycles. The molecule has 0 bridgehead atoms. The lowest BCUT2D eigenvalue weighted by Gasteiger charge is -2.48. The first kappa shape index (κ1) is 13.9. The zero-order valence-corrected chi connectivity index (χ0v) is 12.8. The van der Waals surface area contributed by atoms with E-state index in [-0.39, 0.29) is 5.25 Å². The normalized spacial score (nSPS) is 28.6. The molecular weight excluding hydrogens is 258 g/mol. The minimum absolute atomic E-state index is 0.0250. The molecule has 1 spiro atoms. The molecule has 1 heterocycles. The van der Waals surface area contributed by atoms with Crippen molar-refractivity contribution in [1.29, 1.82) is 0 Å². The zero-order valence-electron chi connectivity index (χ0n) is 11.9. The minimum Gasteiger partial charge on any atom is -0.301 e. The van der Waals surface area contributed by atoms with Crippen LogP contribution in [0.3, 0.4) is 0 Å². The Labute approximate surface area is 117 Å². The van der Waals surface area contributed by atoms with Gasteiger partial charge in [-0.1, -0.05) is 32.1 Å². The highest BCUT2D eigenvalue weighted by atomic mass is 32.2. The Balaban J connectivity index is 1.44. The summed E-state index contributed by atoms with van der Waals surface area (Å²) in [5.74, 6) is 0.397. The number of nitrogens with zero attached hydrogens (tertiary/aromatic N) is 1. The van der Waals surface area contributed by atoms with Crippen molar-refractivity contribution in [3.8, 4) is 0 Å². The van der Waals surface area contributed by atoms with Gasteiger partial charge in [0.15, 0.2) is 9.84 Å². The Bertz CT molecular complexity index is 398. The fourth-order valence-corrected chi connectivity index (χ4v) is 6.25. The second kappa shape index (κ2) is 5.36. The fraction of sp³-hybridized carbons (Fsp3) is 1.00. The Hall–Kier alpha value is -0.0900. The van der Waals surface area contributed by atoms with E-state index in [1.54, 1.807) is 0 Å². The maximum absolute atomic E-state index is 12.3. The maximum Gasteiger partial charge on any atom is 0.154 e. The van der Waals surface area contributed by atoms with E-state index in [1.807, 2.05) is 0 Å². The topological polar surface area (TPSA) is 37.4 Å². The van der Waals surface area contributed by atoms with Gasteiger partial charge in [-0.3, -0.25) is 0 Å². The van der Waals surface area contributed by atoms with Gasteiger partial charge in [0.1, 0.15) is 0 Å². The van der Waals surface area contributed by atoms with Crippen LogP contribution in [0.2, 0.25) is 0 Å². The van der Waals surface area contributed by atoms with Crippen molar-refractivity contribution in [1.82, 2.24) is 4.90 Å². The molecule has 4 heteroatoms. The van der Waals surface area contributed by atoms with Crippen LogP contribution in [0.4, 0.5) is 0 Å². The molecule has 0 aromatic heterocycles. The zero-order chi connectivity index (χ0) is 13.3. The van der Waals surface area contributed by atoms with Crippen LogP contribution in [0, 0.1) is 5.41 Å². The van der Waals surface area contributed by atoms with Crippen LogP contribution in [0.15, 0.2) is 0 Å². The summed E-state index contributed by atoms with van der Waals surface area (Å²) < 4.78 is 24.6. The van der Waals surface area contributed by atoms with Crippen molar-refractivity contribution in [3.63, 3.8) is 0 Å². The van der Waals surface area contributed by atoms with Crippen molar-refractivity contribution < 1.29 is 8.42 Å². The summed E-state index contributed by atoms with van der Waals surface area (Å²) in [4.78, 5) is 2.37. The van der Waals surface area contributed by atoms with E-state index in [0.717, 1.165) is 45.3 Å². The average molecular weight is 285 g/mol. The van der Waals surface area contributed by atoms with Crippen LogP contribution in [0.5, 0.6) is 0 Å². The molecule has 110 valence electrons. The summed E-state index contributed by atoms with van der Waals surface area (Å²) >= 11 is 0. The highest BCUT2D eigenvalue weighted by Crippen LogP contribution is 2.45.